The van der Waals surface area contributed by atoms with Gasteiger partial charge in [-0.3, -0.25) is 0 Å². The molecule has 0 aromatic carbocycles. The highest BCUT2D eigenvalue weighted by atomic mass is 16.5. The molecule has 0 unspecified atom stereocenters. The van der Waals surface area contributed by atoms with Crippen molar-refractivity contribution in [1.29, 1.82) is 0 Å². The first-order valence-electron chi connectivity index (χ1n) is 5.16. The van der Waals surface area contributed by atoms with Gasteiger partial charge >= 0.3 is 0 Å². The van der Waals surface area contributed by atoms with Crippen LogP contribution in [0, 0.1) is 0 Å². The number of hydrogen-bond acceptors (Lipinski definition) is 5. The van der Waals surface area contributed by atoms with Crippen molar-refractivity contribution < 1.29 is 4.74 Å². The molecule has 0 radical (unpaired) electrons. The molecular formula is C11H13N5O. The lowest BCUT2D eigenvalue weighted by Gasteiger charge is -2.08. The van der Waals surface area contributed by atoms with E-state index in [4.69, 9.17) is 4.74 Å². The number of rotatable bonds is 5. The molecule has 0 fully saturated rings. The minimum atomic E-state index is 0.515. The second-order valence-electron chi connectivity index (χ2n) is 3.22. The van der Waals surface area contributed by atoms with Crippen LogP contribution in [0.3, 0.4) is 0 Å². The second-order valence-corrected chi connectivity index (χ2v) is 3.22. The van der Waals surface area contributed by atoms with Gasteiger partial charge in [0.2, 0.25) is 0 Å². The van der Waals surface area contributed by atoms with Crippen LogP contribution in [0.25, 0.3) is 11.2 Å². The van der Waals surface area contributed by atoms with Crippen LogP contribution in [-0.2, 0) is 4.74 Å². The van der Waals surface area contributed by atoms with Gasteiger partial charge in [0.05, 0.1) is 19.1 Å². The number of fused-ring (bicyclic) bond motifs is 1. The summed E-state index contributed by atoms with van der Waals surface area (Å²) in [6.07, 6.45) is 6.31. The van der Waals surface area contributed by atoms with Gasteiger partial charge in [-0.2, -0.15) is 0 Å². The van der Waals surface area contributed by atoms with Crippen molar-refractivity contribution in [2.24, 2.45) is 0 Å². The molecule has 6 heteroatoms. The van der Waals surface area contributed by atoms with Gasteiger partial charge in [-0.05, 0) is 13.0 Å². The maximum atomic E-state index is 5.20. The van der Waals surface area contributed by atoms with Gasteiger partial charge in [0, 0.05) is 0 Å². The Balaban J connectivity index is 2.13. The summed E-state index contributed by atoms with van der Waals surface area (Å²) in [5.74, 6) is 1.44. The Labute approximate surface area is 98.5 Å². The van der Waals surface area contributed by atoms with Crippen molar-refractivity contribution in [1.82, 2.24) is 19.9 Å². The molecule has 2 rings (SSSR count). The summed E-state index contributed by atoms with van der Waals surface area (Å²) in [4.78, 5) is 15.3. The molecule has 17 heavy (non-hydrogen) atoms. The van der Waals surface area contributed by atoms with E-state index in [0.29, 0.717) is 23.5 Å². The Hall–Kier alpha value is -2.37. The topological polar surface area (TPSA) is 75.7 Å². The molecule has 0 spiro atoms. The standard InChI is InChI=1S/C11H13N5O/c1-3-8(17-4-2)5-12-10-9-11(14-6-13-9)16-7-15-10/h3-4,6-7H,2,5H2,1H3,(H2,12,13,14,15,16)/b8-3-. The van der Waals surface area contributed by atoms with Gasteiger partial charge in [0.25, 0.3) is 0 Å². The third-order valence-electron chi connectivity index (χ3n) is 2.20. The summed E-state index contributed by atoms with van der Waals surface area (Å²) >= 11 is 0. The maximum absolute atomic E-state index is 5.20. The summed E-state index contributed by atoms with van der Waals surface area (Å²) in [7, 11) is 0. The van der Waals surface area contributed by atoms with Crippen molar-refractivity contribution in [3.63, 3.8) is 0 Å². The van der Waals surface area contributed by atoms with E-state index in [1.807, 2.05) is 13.0 Å². The minimum absolute atomic E-state index is 0.515. The fourth-order valence-corrected chi connectivity index (χ4v) is 1.38. The van der Waals surface area contributed by atoms with Crippen molar-refractivity contribution in [2.75, 3.05) is 11.9 Å². The monoisotopic (exact) mass is 231 g/mol. The molecule has 88 valence electrons. The lowest BCUT2D eigenvalue weighted by atomic mass is 10.4. The minimum Gasteiger partial charge on any atom is -0.468 e. The van der Waals surface area contributed by atoms with Gasteiger partial charge in [0.1, 0.15) is 17.6 Å². The maximum Gasteiger partial charge on any atom is 0.162 e. The van der Waals surface area contributed by atoms with Gasteiger partial charge in [-0.25, -0.2) is 15.0 Å². The molecule has 0 aliphatic heterocycles. The zero-order valence-electron chi connectivity index (χ0n) is 9.47. The van der Waals surface area contributed by atoms with Crippen LogP contribution in [0.15, 0.2) is 37.3 Å². The summed E-state index contributed by atoms with van der Waals surface area (Å²) in [6.45, 7) is 5.92. The average molecular weight is 231 g/mol. The number of imidazole rings is 1. The van der Waals surface area contributed by atoms with Crippen LogP contribution in [0.2, 0.25) is 0 Å². The molecule has 0 aliphatic rings. The zero-order chi connectivity index (χ0) is 12.1. The third kappa shape index (κ3) is 2.41. The molecule has 0 aliphatic carbocycles. The number of aromatic nitrogens is 4. The Morgan fingerprint density at radius 1 is 1.53 bits per heavy atom. The molecule has 2 N–H and O–H groups in total. The summed E-state index contributed by atoms with van der Waals surface area (Å²) in [5, 5.41) is 3.13. The lowest BCUT2D eigenvalue weighted by Crippen LogP contribution is -2.07. The number of aromatic amines is 1. The van der Waals surface area contributed by atoms with Gasteiger partial charge in [-0.1, -0.05) is 6.58 Å². The molecule has 0 saturated carbocycles. The predicted octanol–water partition coefficient (Wildman–Crippen LogP) is 1.83. The normalized spacial score (nSPS) is 11.5. The first-order chi connectivity index (χ1) is 8.35. The highest BCUT2D eigenvalue weighted by Gasteiger charge is 2.05. The predicted molar refractivity (Wildman–Crippen MR) is 65.2 cm³/mol. The molecule has 2 aromatic rings. The molecule has 0 saturated heterocycles. The van der Waals surface area contributed by atoms with E-state index in [1.54, 1.807) is 6.33 Å². The van der Waals surface area contributed by atoms with E-state index in [2.05, 4.69) is 31.8 Å². The smallest absolute Gasteiger partial charge is 0.162 e. The van der Waals surface area contributed by atoms with E-state index >= 15 is 0 Å². The first kappa shape index (κ1) is 11.1. The van der Waals surface area contributed by atoms with E-state index in [0.717, 1.165) is 5.76 Å². The van der Waals surface area contributed by atoms with Crippen molar-refractivity contribution >= 4 is 17.0 Å². The largest absolute Gasteiger partial charge is 0.468 e. The molecule has 2 heterocycles. The Bertz CT molecular complexity index is 546. The first-order valence-corrected chi connectivity index (χ1v) is 5.16. The number of hydrogen-bond donors (Lipinski definition) is 2. The van der Waals surface area contributed by atoms with Crippen LogP contribution in [0.5, 0.6) is 0 Å². The number of allylic oxidation sites excluding steroid dienone is 1. The fraction of sp³-hybridized carbons (Fsp3) is 0.182. The number of anilines is 1. The number of nitrogens with zero attached hydrogens (tertiary/aromatic N) is 3. The van der Waals surface area contributed by atoms with Gasteiger partial charge in [0.15, 0.2) is 11.5 Å². The van der Waals surface area contributed by atoms with Crippen LogP contribution >= 0.6 is 0 Å². The fourth-order valence-electron chi connectivity index (χ4n) is 1.38. The molecule has 0 amide bonds. The van der Waals surface area contributed by atoms with Crippen LogP contribution in [0.1, 0.15) is 6.92 Å². The van der Waals surface area contributed by atoms with E-state index in [9.17, 15) is 0 Å². The Morgan fingerprint density at radius 2 is 2.41 bits per heavy atom. The lowest BCUT2D eigenvalue weighted by molar-refractivity contribution is 0.349. The van der Waals surface area contributed by atoms with Crippen LogP contribution in [-0.4, -0.2) is 26.5 Å². The van der Waals surface area contributed by atoms with Crippen molar-refractivity contribution in [3.8, 4) is 0 Å². The SMILES string of the molecule is C=CO/C(=C\C)CNc1ncnc2[nH]cnc12. The molecule has 2 aromatic heterocycles. The van der Waals surface area contributed by atoms with Crippen LogP contribution < -0.4 is 5.32 Å². The molecule has 0 atom stereocenters. The van der Waals surface area contributed by atoms with E-state index in [1.165, 1.54) is 12.6 Å². The number of H-pyrrole nitrogens is 1. The summed E-state index contributed by atoms with van der Waals surface area (Å²) in [6, 6.07) is 0. The second kappa shape index (κ2) is 5.11. The Morgan fingerprint density at radius 3 is 3.18 bits per heavy atom. The molecule has 6 nitrogen and oxygen atoms in total. The quantitative estimate of drug-likeness (QED) is 0.768. The highest BCUT2D eigenvalue weighted by Crippen LogP contribution is 2.14. The van der Waals surface area contributed by atoms with Crippen molar-refractivity contribution in [2.45, 2.75) is 6.92 Å². The highest BCUT2D eigenvalue weighted by molar-refractivity contribution is 5.81. The zero-order valence-corrected chi connectivity index (χ0v) is 9.47. The summed E-state index contributed by atoms with van der Waals surface area (Å²) in [5.41, 5.74) is 1.41. The average Bonchev–Trinajstić information content (AvgIpc) is 2.83. The van der Waals surface area contributed by atoms with E-state index < -0.39 is 0 Å². The van der Waals surface area contributed by atoms with Crippen molar-refractivity contribution in [3.05, 3.63) is 37.3 Å². The van der Waals surface area contributed by atoms with Gasteiger partial charge < -0.3 is 15.0 Å². The summed E-state index contributed by atoms with van der Waals surface area (Å²) < 4.78 is 5.20. The number of nitrogens with one attached hydrogen (secondary N) is 2. The van der Waals surface area contributed by atoms with Gasteiger partial charge in [-0.15, -0.1) is 0 Å². The van der Waals surface area contributed by atoms with E-state index in [-0.39, 0.29) is 0 Å². The van der Waals surface area contributed by atoms with Crippen LogP contribution in [0.4, 0.5) is 5.82 Å². The third-order valence-corrected chi connectivity index (χ3v) is 2.20. The molecule has 0 bridgehead atoms. The molecular weight excluding hydrogens is 218 g/mol. The number of ether oxygens (including phenoxy) is 1. The Kier molecular flexibility index (Phi) is 3.34.